The standard InChI is InChI=1S/C10H9NO3/c1-6-3-4-8-7(5-6)9(14-11-8)10(12)13-2/h3-5H,1-2H3. The minimum absolute atomic E-state index is 0.159. The maximum Gasteiger partial charge on any atom is 0.377 e. The summed E-state index contributed by atoms with van der Waals surface area (Å²) >= 11 is 0. The first-order chi connectivity index (χ1) is 6.72. The molecule has 72 valence electrons. The van der Waals surface area contributed by atoms with E-state index in [1.807, 2.05) is 19.1 Å². The van der Waals surface area contributed by atoms with Gasteiger partial charge in [0, 0.05) is 0 Å². The molecule has 0 atom stereocenters. The van der Waals surface area contributed by atoms with E-state index in [2.05, 4.69) is 9.89 Å². The molecule has 0 unspecified atom stereocenters. The highest BCUT2D eigenvalue weighted by atomic mass is 16.5. The van der Waals surface area contributed by atoms with E-state index in [0.717, 1.165) is 5.56 Å². The van der Waals surface area contributed by atoms with E-state index >= 15 is 0 Å². The molecule has 0 radical (unpaired) electrons. The van der Waals surface area contributed by atoms with Crippen LogP contribution in [0.25, 0.3) is 10.9 Å². The normalized spacial score (nSPS) is 10.4. The Hall–Kier alpha value is -1.84. The van der Waals surface area contributed by atoms with E-state index in [-0.39, 0.29) is 5.76 Å². The van der Waals surface area contributed by atoms with Crippen LogP contribution in [-0.2, 0) is 4.74 Å². The van der Waals surface area contributed by atoms with Crippen LogP contribution in [0.3, 0.4) is 0 Å². The maximum atomic E-state index is 11.2. The van der Waals surface area contributed by atoms with Gasteiger partial charge in [-0.3, -0.25) is 0 Å². The van der Waals surface area contributed by atoms with Crippen molar-refractivity contribution >= 4 is 16.9 Å². The Kier molecular flexibility index (Phi) is 1.96. The second-order valence-electron chi connectivity index (χ2n) is 3.02. The van der Waals surface area contributed by atoms with Crippen LogP contribution >= 0.6 is 0 Å². The molecule has 2 aromatic rings. The topological polar surface area (TPSA) is 52.3 Å². The summed E-state index contributed by atoms with van der Waals surface area (Å²) in [6.07, 6.45) is 0. The van der Waals surface area contributed by atoms with E-state index in [1.54, 1.807) is 6.07 Å². The number of rotatable bonds is 1. The summed E-state index contributed by atoms with van der Waals surface area (Å²) in [5.41, 5.74) is 1.71. The third-order valence-corrected chi connectivity index (χ3v) is 2.00. The van der Waals surface area contributed by atoms with Gasteiger partial charge in [-0.2, -0.15) is 0 Å². The van der Waals surface area contributed by atoms with Crippen LogP contribution in [0, 0.1) is 6.92 Å². The fourth-order valence-electron chi connectivity index (χ4n) is 1.30. The van der Waals surface area contributed by atoms with E-state index in [1.165, 1.54) is 7.11 Å². The number of carbonyl (C=O) groups is 1. The third-order valence-electron chi connectivity index (χ3n) is 2.00. The molecule has 14 heavy (non-hydrogen) atoms. The minimum Gasteiger partial charge on any atom is -0.463 e. The van der Waals surface area contributed by atoms with Gasteiger partial charge in [-0.15, -0.1) is 0 Å². The molecule has 0 amide bonds. The number of fused-ring (bicyclic) bond motifs is 1. The number of hydrogen-bond acceptors (Lipinski definition) is 4. The molecule has 4 nitrogen and oxygen atoms in total. The Balaban J connectivity index is 2.67. The average Bonchev–Trinajstić information content (AvgIpc) is 2.59. The van der Waals surface area contributed by atoms with Crippen LogP contribution in [0.1, 0.15) is 16.1 Å². The molecule has 2 rings (SSSR count). The number of methoxy groups -OCH3 is 1. The van der Waals surface area contributed by atoms with Gasteiger partial charge in [0.15, 0.2) is 0 Å². The highest BCUT2D eigenvalue weighted by Crippen LogP contribution is 2.19. The molecule has 0 spiro atoms. The summed E-state index contributed by atoms with van der Waals surface area (Å²) in [4.78, 5) is 11.2. The fourth-order valence-corrected chi connectivity index (χ4v) is 1.30. The minimum atomic E-state index is -0.502. The largest absolute Gasteiger partial charge is 0.463 e. The Morgan fingerprint density at radius 2 is 2.29 bits per heavy atom. The van der Waals surface area contributed by atoms with Gasteiger partial charge in [0.25, 0.3) is 5.76 Å². The Bertz CT molecular complexity index is 487. The molecule has 0 aliphatic heterocycles. The quantitative estimate of drug-likeness (QED) is 0.646. The van der Waals surface area contributed by atoms with Gasteiger partial charge < -0.3 is 9.26 Å². The van der Waals surface area contributed by atoms with E-state index in [4.69, 9.17) is 4.52 Å². The number of ether oxygens (including phenoxy) is 1. The van der Waals surface area contributed by atoms with Crippen molar-refractivity contribution in [2.75, 3.05) is 7.11 Å². The monoisotopic (exact) mass is 191 g/mol. The predicted octanol–water partition coefficient (Wildman–Crippen LogP) is 1.92. The number of carbonyl (C=O) groups excluding carboxylic acids is 1. The van der Waals surface area contributed by atoms with Crippen LogP contribution in [0.2, 0.25) is 0 Å². The van der Waals surface area contributed by atoms with Gasteiger partial charge >= 0.3 is 5.97 Å². The number of hydrogen-bond donors (Lipinski definition) is 0. The van der Waals surface area contributed by atoms with Crippen molar-refractivity contribution in [1.82, 2.24) is 5.16 Å². The number of aryl methyl sites for hydroxylation is 1. The molecule has 0 N–H and O–H groups in total. The molecule has 0 fully saturated rings. The van der Waals surface area contributed by atoms with Crippen LogP contribution in [0.4, 0.5) is 0 Å². The summed E-state index contributed by atoms with van der Waals surface area (Å²) < 4.78 is 9.47. The Morgan fingerprint density at radius 1 is 1.50 bits per heavy atom. The molecular weight excluding hydrogens is 182 g/mol. The molecule has 0 saturated heterocycles. The van der Waals surface area contributed by atoms with Crippen LogP contribution < -0.4 is 0 Å². The van der Waals surface area contributed by atoms with Gasteiger partial charge in [-0.25, -0.2) is 4.79 Å². The first kappa shape index (κ1) is 8.74. The highest BCUT2D eigenvalue weighted by Gasteiger charge is 2.16. The van der Waals surface area contributed by atoms with Gasteiger partial charge in [-0.1, -0.05) is 16.8 Å². The average molecular weight is 191 g/mol. The lowest BCUT2D eigenvalue weighted by atomic mass is 10.1. The van der Waals surface area contributed by atoms with Crippen molar-refractivity contribution in [3.05, 3.63) is 29.5 Å². The van der Waals surface area contributed by atoms with E-state index in [9.17, 15) is 4.79 Å². The van der Waals surface area contributed by atoms with Crippen LogP contribution in [0.15, 0.2) is 22.7 Å². The summed E-state index contributed by atoms with van der Waals surface area (Å²) in [5, 5.41) is 4.44. The number of aromatic nitrogens is 1. The lowest BCUT2D eigenvalue weighted by Crippen LogP contribution is -1.99. The van der Waals surface area contributed by atoms with Gasteiger partial charge in [-0.05, 0) is 19.1 Å². The highest BCUT2D eigenvalue weighted by molar-refractivity contribution is 6.00. The van der Waals surface area contributed by atoms with Crippen molar-refractivity contribution in [2.24, 2.45) is 0 Å². The zero-order valence-corrected chi connectivity index (χ0v) is 7.90. The lowest BCUT2D eigenvalue weighted by molar-refractivity contribution is 0.0558. The molecule has 0 aliphatic carbocycles. The van der Waals surface area contributed by atoms with Crippen molar-refractivity contribution in [1.29, 1.82) is 0 Å². The van der Waals surface area contributed by atoms with Crippen molar-refractivity contribution in [3.63, 3.8) is 0 Å². The fraction of sp³-hybridized carbons (Fsp3) is 0.200. The predicted molar refractivity (Wildman–Crippen MR) is 50.1 cm³/mol. The van der Waals surface area contributed by atoms with Crippen LogP contribution in [-0.4, -0.2) is 18.2 Å². The second kappa shape index (κ2) is 3.14. The van der Waals surface area contributed by atoms with Crippen molar-refractivity contribution < 1.29 is 14.1 Å². The van der Waals surface area contributed by atoms with Crippen LogP contribution in [0.5, 0.6) is 0 Å². The second-order valence-corrected chi connectivity index (χ2v) is 3.02. The van der Waals surface area contributed by atoms with Crippen molar-refractivity contribution in [3.8, 4) is 0 Å². The molecule has 0 aliphatic rings. The SMILES string of the molecule is COC(=O)c1onc2ccc(C)cc12. The summed E-state index contributed by atoms with van der Waals surface area (Å²) in [5.74, 6) is -0.343. The summed E-state index contributed by atoms with van der Waals surface area (Å²) in [6.45, 7) is 1.94. The number of nitrogens with zero attached hydrogens (tertiary/aromatic N) is 1. The van der Waals surface area contributed by atoms with E-state index < -0.39 is 5.97 Å². The zero-order valence-electron chi connectivity index (χ0n) is 7.90. The molecule has 1 aromatic heterocycles. The first-order valence-corrected chi connectivity index (χ1v) is 4.16. The number of benzene rings is 1. The molecule has 1 aromatic carbocycles. The van der Waals surface area contributed by atoms with Crippen molar-refractivity contribution in [2.45, 2.75) is 6.92 Å². The maximum absolute atomic E-state index is 11.2. The lowest BCUT2D eigenvalue weighted by Gasteiger charge is -1.94. The summed E-state index contributed by atoms with van der Waals surface area (Å²) in [7, 11) is 1.31. The molecular formula is C10H9NO3. The molecule has 4 heteroatoms. The Labute approximate surface area is 80.4 Å². The molecule has 0 saturated carbocycles. The third kappa shape index (κ3) is 1.25. The molecule has 0 bridgehead atoms. The molecule has 1 heterocycles. The van der Waals surface area contributed by atoms with Gasteiger partial charge in [0.05, 0.1) is 12.5 Å². The van der Waals surface area contributed by atoms with Gasteiger partial charge in [0.2, 0.25) is 0 Å². The summed E-state index contributed by atoms with van der Waals surface area (Å²) in [6, 6.07) is 5.56. The van der Waals surface area contributed by atoms with Gasteiger partial charge in [0.1, 0.15) is 5.52 Å². The first-order valence-electron chi connectivity index (χ1n) is 4.16. The van der Waals surface area contributed by atoms with E-state index in [0.29, 0.717) is 10.9 Å². The number of esters is 1. The zero-order chi connectivity index (χ0) is 10.1. The smallest absolute Gasteiger partial charge is 0.377 e. The Morgan fingerprint density at radius 3 is 3.00 bits per heavy atom.